The SMILES string of the molecule is CCOC(=O)C(F)(F)c1cccc(C#N)c1. The molecule has 0 heterocycles. The summed E-state index contributed by atoms with van der Waals surface area (Å²) in [6.45, 7) is 1.33. The standard InChI is InChI=1S/C11H9F2NO2/c1-2-16-10(15)11(12,13)9-5-3-4-8(6-9)7-14/h3-6H,2H2,1H3. The lowest BCUT2D eigenvalue weighted by molar-refractivity contribution is -0.173. The van der Waals surface area contributed by atoms with E-state index >= 15 is 0 Å². The van der Waals surface area contributed by atoms with Gasteiger partial charge in [-0.1, -0.05) is 12.1 Å². The maximum Gasteiger partial charge on any atom is 0.381 e. The number of rotatable bonds is 3. The second-order valence-electron chi connectivity index (χ2n) is 2.99. The predicted molar refractivity (Wildman–Crippen MR) is 51.7 cm³/mol. The van der Waals surface area contributed by atoms with Gasteiger partial charge in [0, 0.05) is 5.56 Å². The molecule has 0 aliphatic heterocycles. The van der Waals surface area contributed by atoms with Crippen molar-refractivity contribution in [1.29, 1.82) is 5.26 Å². The Balaban J connectivity index is 3.07. The third kappa shape index (κ3) is 2.34. The van der Waals surface area contributed by atoms with Gasteiger partial charge in [-0.25, -0.2) is 4.79 Å². The Kier molecular flexibility index (Phi) is 3.56. The summed E-state index contributed by atoms with van der Waals surface area (Å²) in [5.41, 5.74) is -0.466. The maximum absolute atomic E-state index is 13.5. The number of nitriles is 1. The summed E-state index contributed by atoms with van der Waals surface area (Å²) in [7, 11) is 0. The summed E-state index contributed by atoms with van der Waals surface area (Å²) < 4.78 is 31.2. The van der Waals surface area contributed by atoms with E-state index in [1.807, 2.05) is 0 Å². The second kappa shape index (κ2) is 4.71. The monoisotopic (exact) mass is 225 g/mol. The highest BCUT2D eigenvalue weighted by molar-refractivity contribution is 5.79. The summed E-state index contributed by atoms with van der Waals surface area (Å²) in [6.07, 6.45) is 0. The molecule has 0 N–H and O–H groups in total. The molecular weight excluding hydrogens is 216 g/mol. The zero-order valence-electron chi connectivity index (χ0n) is 8.54. The van der Waals surface area contributed by atoms with Crippen molar-refractivity contribution in [3.63, 3.8) is 0 Å². The Morgan fingerprint density at radius 1 is 1.56 bits per heavy atom. The number of carbonyl (C=O) groups is 1. The van der Waals surface area contributed by atoms with Crippen molar-refractivity contribution in [3.8, 4) is 6.07 Å². The first-order chi connectivity index (χ1) is 7.52. The molecule has 16 heavy (non-hydrogen) atoms. The molecule has 0 aromatic heterocycles. The average molecular weight is 225 g/mol. The average Bonchev–Trinajstić information content (AvgIpc) is 2.29. The minimum Gasteiger partial charge on any atom is -0.461 e. The van der Waals surface area contributed by atoms with Gasteiger partial charge in [-0.2, -0.15) is 14.0 Å². The van der Waals surface area contributed by atoms with Crippen LogP contribution in [0.3, 0.4) is 0 Å². The quantitative estimate of drug-likeness (QED) is 0.741. The number of nitrogens with zero attached hydrogens (tertiary/aromatic N) is 1. The maximum atomic E-state index is 13.5. The molecule has 0 saturated carbocycles. The van der Waals surface area contributed by atoms with Crippen molar-refractivity contribution < 1.29 is 18.3 Å². The number of esters is 1. The Bertz CT molecular complexity index is 438. The Morgan fingerprint density at radius 2 is 2.25 bits per heavy atom. The largest absolute Gasteiger partial charge is 0.461 e. The molecule has 1 aromatic rings. The van der Waals surface area contributed by atoms with E-state index in [1.54, 1.807) is 6.07 Å². The zero-order valence-corrected chi connectivity index (χ0v) is 8.54. The van der Waals surface area contributed by atoms with Crippen LogP contribution in [0.15, 0.2) is 24.3 Å². The lowest BCUT2D eigenvalue weighted by Gasteiger charge is -2.14. The van der Waals surface area contributed by atoms with Gasteiger partial charge in [0.25, 0.3) is 0 Å². The van der Waals surface area contributed by atoms with Crippen LogP contribution in [0, 0.1) is 11.3 Å². The molecule has 0 aliphatic carbocycles. The smallest absolute Gasteiger partial charge is 0.381 e. The van der Waals surface area contributed by atoms with Gasteiger partial charge in [-0.15, -0.1) is 0 Å². The van der Waals surface area contributed by atoms with Crippen LogP contribution in [-0.2, 0) is 15.5 Å². The summed E-state index contributed by atoms with van der Waals surface area (Å²) in [5.74, 6) is -5.33. The van der Waals surface area contributed by atoms with Crippen LogP contribution in [0.2, 0.25) is 0 Å². The van der Waals surface area contributed by atoms with E-state index in [-0.39, 0.29) is 12.2 Å². The summed E-state index contributed by atoms with van der Waals surface area (Å²) in [4.78, 5) is 11.0. The first kappa shape index (κ1) is 12.1. The molecule has 0 bridgehead atoms. The van der Waals surface area contributed by atoms with Gasteiger partial charge in [0.2, 0.25) is 0 Å². The fourth-order valence-electron chi connectivity index (χ4n) is 1.12. The molecule has 0 unspecified atom stereocenters. The lowest BCUT2D eigenvalue weighted by atomic mass is 10.1. The zero-order chi connectivity index (χ0) is 12.2. The molecular formula is C11H9F2NO2. The number of benzene rings is 1. The number of alkyl halides is 2. The van der Waals surface area contributed by atoms with Gasteiger partial charge in [0.1, 0.15) is 0 Å². The van der Waals surface area contributed by atoms with Gasteiger partial charge in [0.05, 0.1) is 18.2 Å². The number of carbonyl (C=O) groups excluding carboxylic acids is 1. The highest BCUT2D eigenvalue weighted by Gasteiger charge is 2.42. The number of hydrogen-bond acceptors (Lipinski definition) is 3. The fraction of sp³-hybridized carbons (Fsp3) is 0.273. The molecule has 0 atom stereocenters. The van der Waals surface area contributed by atoms with Crippen molar-refractivity contribution >= 4 is 5.97 Å². The molecule has 1 aromatic carbocycles. The van der Waals surface area contributed by atoms with Crippen LogP contribution in [0.25, 0.3) is 0 Å². The summed E-state index contributed by atoms with van der Waals surface area (Å²) >= 11 is 0. The number of halogens is 2. The number of hydrogen-bond donors (Lipinski definition) is 0. The molecule has 84 valence electrons. The van der Waals surface area contributed by atoms with Crippen LogP contribution >= 0.6 is 0 Å². The first-order valence-corrected chi connectivity index (χ1v) is 4.58. The van der Waals surface area contributed by atoms with E-state index in [0.717, 1.165) is 12.1 Å². The molecule has 3 nitrogen and oxygen atoms in total. The fourth-order valence-corrected chi connectivity index (χ4v) is 1.12. The van der Waals surface area contributed by atoms with Gasteiger partial charge >= 0.3 is 11.9 Å². The van der Waals surface area contributed by atoms with Gasteiger partial charge in [-0.05, 0) is 19.1 Å². The van der Waals surface area contributed by atoms with Crippen molar-refractivity contribution in [2.24, 2.45) is 0 Å². The lowest BCUT2D eigenvalue weighted by Crippen LogP contribution is -2.28. The minimum absolute atomic E-state index is 0.0708. The molecule has 5 heteroatoms. The van der Waals surface area contributed by atoms with Gasteiger partial charge < -0.3 is 4.74 Å². The molecule has 0 saturated heterocycles. The van der Waals surface area contributed by atoms with Crippen LogP contribution in [0.1, 0.15) is 18.1 Å². The van der Waals surface area contributed by atoms with Crippen LogP contribution in [0.5, 0.6) is 0 Å². The predicted octanol–water partition coefficient (Wildman–Crippen LogP) is 2.21. The highest BCUT2D eigenvalue weighted by Crippen LogP contribution is 2.29. The molecule has 0 amide bonds. The van der Waals surface area contributed by atoms with E-state index in [2.05, 4.69) is 4.74 Å². The van der Waals surface area contributed by atoms with Crippen LogP contribution < -0.4 is 0 Å². The van der Waals surface area contributed by atoms with E-state index in [0.29, 0.717) is 0 Å². The van der Waals surface area contributed by atoms with Crippen molar-refractivity contribution in [3.05, 3.63) is 35.4 Å². The van der Waals surface area contributed by atoms with Crippen molar-refractivity contribution in [2.45, 2.75) is 12.8 Å². The third-order valence-electron chi connectivity index (χ3n) is 1.89. The van der Waals surface area contributed by atoms with Gasteiger partial charge in [-0.3, -0.25) is 0 Å². The second-order valence-corrected chi connectivity index (χ2v) is 2.99. The topological polar surface area (TPSA) is 50.1 Å². The molecule has 0 spiro atoms. The Hall–Kier alpha value is -1.96. The van der Waals surface area contributed by atoms with E-state index in [9.17, 15) is 13.6 Å². The van der Waals surface area contributed by atoms with Crippen LogP contribution in [-0.4, -0.2) is 12.6 Å². The molecule has 0 fully saturated rings. The number of ether oxygens (including phenoxy) is 1. The summed E-state index contributed by atoms with van der Waals surface area (Å²) in [6, 6.07) is 6.45. The van der Waals surface area contributed by atoms with Crippen molar-refractivity contribution in [2.75, 3.05) is 6.61 Å². The highest BCUT2D eigenvalue weighted by atomic mass is 19.3. The third-order valence-corrected chi connectivity index (χ3v) is 1.89. The summed E-state index contributed by atoms with van der Waals surface area (Å²) in [5, 5.41) is 8.56. The Morgan fingerprint density at radius 3 is 2.81 bits per heavy atom. The van der Waals surface area contributed by atoms with Crippen LogP contribution in [0.4, 0.5) is 8.78 Å². The van der Waals surface area contributed by atoms with E-state index in [1.165, 1.54) is 19.1 Å². The first-order valence-electron chi connectivity index (χ1n) is 4.58. The van der Waals surface area contributed by atoms with Gasteiger partial charge in [0.15, 0.2) is 0 Å². The van der Waals surface area contributed by atoms with E-state index < -0.39 is 17.5 Å². The molecule has 0 aliphatic rings. The molecule has 0 radical (unpaired) electrons. The van der Waals surface area contributed by atoms with Crippen molar-refractivity contribution in [1.82, 2.24) is 0 Å². The molecule has 1 rings (SSSR count). The Labute approximate surface area is 91.3 Å². The van der Waals surface area contributed by atoms with E-state index in [4.69, 9.17) is 5.26 Å². The normalized spacial score (nSPS) is 10.6. The minimum atomic E-state index is -3.72.